The van der Waals surface area contributed by atoms with Crippen LogP contribution in [0.4, 0.5) is 0 Å². The smallest absolute Gasteiger partial charge is 0.311 e. The molecule has 0 radical (unpaired) electrons. The van der Waals surface area contributed by atoms with Gasteiger partial charge >= 0.3 is 5.97 Å². The number of unbranched alkanes of at least 4 members (excludes halogenated alkanes) is 3. The van der Waals surface area contributed by atoms with Crippen molar-refractivity contribution < 1.29 is 14.6 Å². The van der Waals surface area contributed by atoms with Crippen LogP contribution in [0.25, 0.3) is 0 Å². The lowest BCUT2D eigenvalue weighted by Crippen LogP contribution is -2.07. The zero-order chi connectivity index (χ0) is 12.7. The molecule has 3 heteroatoms. The quantitative estimate of drug-likeness (QED) is 0.466. The van der Waals surface area contributed by atoms with Crippen LogP contribution in [0.5, 0.6) is 11.5 Å². The predicted molar refractivity (Wildman–Crippen MR) is 67.2 cm³/mol. The number of phenolic OH excluding ortho intramolecular Hbond substituents is 1. The minimum absolute atomic E-state index is 0.0203. The number of hydrogen-bond acceptors (Lipinski definition) is 3. The first-order chi connectivity index (χ1) is 8.13. The zero-order valence-electron chi connectivity index (χ0n) is 10.5. The van der Waals surface area contributed by atoms with Crippen LogP contribution in [0.1, 0.15) is 44.6 Å². The lowest BCUT2D eigenvalue weighted by molar-refractivity contribution is -0.134. The molecular formula is C14H20O3. The van der Waals surface area contributed by atoms with Gasteiger partial charge in [-0.2, -0.15) is 0 Å². The number of benzene rings is 1. The first kappa shape index (κ1) is 13.6. The number of hydrogen-bond donors (Lipinski definition) is 1. The maximum Gasteiger partial charge on any atom is 0.311 e. The number of esters is 1. The Morgan fingerprint density at radius 3 is 2.71 bits per heavy atom. The molecule has 0 bridgehead atoms. The Kier molecular flexibility index (Phi) is 5.53. The molecule has 17 heavy (non-hydrogen) atoms. The van der Waals surface area contributed by atoms with Gasteiger partial charge in [-0.1, -0.05) is 32.3 Å². The van der Waals surface area contributed by atoms with Crippen LogP contribution in [-0.2, 0) is 4.79 Å². The van der Waals surface area contributed by atoms with E-state index >= 15 is 0 Å². The van der Waals surface area contributed by atoms with Gasteiger partial charge in [0, 0.05) is 6.42 Å². The van der Waals surface area contributed by atoms with Crippen molar-refractivity contribution in [3.8, 4) is 11.5 Å². The third-order valence-corrected chi connectivity index (χ3v) is 2.57. The minimum atomic E-state index is -0.278. The third-order valence-electron chi connectivity index (χ3n) is 2.57. The Balaban J connectivity index is 2.40. The summed E-state index contributed by atoms with van der Waals surface area (Å²) in [7, 11) is 0. The van der Waals surface area contributed by atoms with Gasteiger partial charge in [0.05, 0.1) is 0 Å². The number of carbonyl (C=O) groups is 1. The maximum absolute atomic E-state index is 11.5. The van der Waals surface area contributed by atoms with Crippen molar-refractivity contribution in [2.75, 3.05) is 0 Å². The van der Waals surface area contributed by atoms with Gasteiger partial charge < -0.3 is 9.84 Å². The highest BCUT2D eigenvalue weighted by molar-refractivity contribution is 5.73. The van der Waals surface area contributed by atoms with Gasteiger partial charge in [0.1, 0.15) is 0 Å². The van der Waals surface area contributed by atoms with Gasteiger partial charge in [-0.3, -0.25) is 4.79 Å². The zero-order valence-corrected chi connectivity index (χ0v) is 10.5. The van der Waals surface area contributed by atoms with Crippen LogP contribution in [0.3, 0.4) is 0 Å². The second-order valence-corrected chi connectivity index (χ2v) is 4.26. The van der Waals surface area contributed by atoms with Gasteiger partial charge in [-0.15, -0.1) is 0 Å². The summed E-state index contributed by atoms with van der Waals surface area (Å²) in [6.07, 6.45) is 4.59. The van der Waals surface area contributed by atoms with Crippen molar-refractivity contribution in [2.45, 2.75) is 46.0 Å². The van der Waals surface area contributed by atoms with Gasteiger partial charge in [-0.05, 0) is 31.0 Å². The number of rotatable bonds is 6. The van der Waals surface area contributed by atoms with E-state index in [0.717, 1.165) is 31.2 Å². The van der Waals surface area contributed by atoms with Gasteiger partial charge in [-0.25, -0.2) is 0 Å². The molecule has 0 heterocycles. The standard InChI is InChI=1S/C14H20O3/c1-3-4-5-6-7-14(16)17-13-9-8-11(2)10-12(13)15/h8-10,15H,3-7H2,1-2H3. The maximum atomic E-state index is 11.5. The fourth-order valence-corrected chi connectivity index (χ4v) is 1.58. The van der Waals surface area contributed by atoms with E-state index in [4.69, 9.17) is 4.74 Å². The number of carbonyl (C=O) groups excluding carboxylic acids is 1. The highest BCUT2D eigenvalue weighted by atomic mass is 16.5. The van der Waals surface area contributed by atoms with Crippen LogP contribution in [0.15, 0.2) is 18.2 Å². The summed E-state index contributed by atoms with van der Waals surface area (Å²) in [6, 6.07) is 5.01. The molecule has 0 aliphatic heterocycles. The largest absolute Gasteiger partial charge is 0.504 e. The molecule has 1 N–H and O–H groups in total. The summed E-state index contributed by atoms with van der Waals surface area (Å²) in [6.45, 7) is 4.00. The molecule has 0 aromatic heterocycles. The van der Waals surface area contributed by atoms with Gasteiger partial charge in [0.15, 0.2) is 11.5 Å². The molecule has 1 aromatic rings. The van der Waals surface area contributed by atoms with Gasteiger partial charge in [0.2, 0.25) is 0 Å². The fourth-order valence-electron chi connectivity index (χ4n) is 1.58. The van der Waals surface area contributed by atoms with E-state index in [2.05, 4.69) is 6.92 Å². The summed E-state index contributed by atoms with van der Waals surface area (Å²) in [5.41, 5.74) is 0.935. The average molecular weight is 236 g/mol. The number of ether oxygens (including phenoxy) is 1. The van der Waals surface area contributed by atoms with Crippen LogP contribution in [0.2, 0.25) is 0 Å². The van der Waals surface area contributed by atoms with E-state index < -0.39 is 0 Å². The van der Waals surface area contributed by atoms with Crippen LogP contribution < -0.4 is 4.74 Å². The van der Waals surface area contributed by atoms with Crippen molar-refractivity contribution in [1.29, 1.82) is 0 Å². The van der Waals surface area contributed by atoms with Crippen LogP contribution in [0, 0.1) is 6.92 Å². The van der Waals surface area contributed by atoms with E-state index in [1.54, 1.807) is 18.2 Å². The van der Waals surface area contributed by atoms with E-state index in [9.17, 15) is 9.90 Å². The normalized spacial score (nSPS) is 10.2. The molecule has 0 saturated heterocycles. The highest BCUT2D eigenvalue weighted by Gasteiger charge is 2.08. The monoisotopic (exact) mass is 236 g/mol. The minimum Gasteiger partial charge on any atom is -0.504 e. The second kappa shape index (κ2) is 6.94. The molecule has 0 unspecified atom stereocenters. The molecule has 1 rings (SSSR count). The molecule has 0 fully saturated rings. The first-order valence-corrected chi connectivity index (χ1v) is 6.13. The summed E-state index contributed by atoms with van der Waals surface area (Å²) in [5, 5.41) is 9.57. The summed E-state index contributed by atoms with van der Waals surface area (Å²) in [4.78, 5) is 11.5. The molecular weight excluding hydrogens is 216 g/mol. The third kappa shape index (κ3) is 4.89. The van der Waals surface area contributed by atoms with Crippen molar-refractivity contribution in [3.05, 3.63) is 23.8 Å². The van der Waals surface area contributed by atoms with E-state index in [0.29, 0.717) is 6.42 Å². The Labute approximate surface area is 102 Å². The van der Waals surface area contributed by atoms with Crippen LogP contribution in [-0.4, -0.2) is 11.1 Å². The van der Waals surface area contributed by atoms with Crippen molar-refractivity contribution in [1.82, 2.24) is 0 Å². The molecule has 0 spiro atoms. The molecule has 0 aliphatic rings. The fraction of sp³-hybridized carbons (Fsp3) is 0.500. The molecule has 0 atom stereocenters. The summed E-state index contributed by atoms with van der Waals surface area (Å²) in [5.74, 6) is -0.0109. The van der Waals surface area contributed by atoms with E-state index in [1.165, 1.54) is 0 Å². The second-order valence-electron chi connectivity index (χ2n) is 4.26. The summed E-state index contributed by atoms with van der Waals surface area (Å²) < 4.78 is 5.09. The predicted octanol–water partition coefficient (Wildman–Crippen LogP) is 3.58. The van der Waals surface area contributed by atoms with E-state index in [-0.39, 0.29) is 17.5 Å². The molecule has 94 valence electrons. The Bertz CT molecular complexity index is 372. The van der Waals surface area contributed by atoms with Crippen LogP contribution >= 0.6 is 0 Å². The van der Waals surface area contributed by atoms with Crippen molar-refractivity contribution >= 4 is 5.97 Å². The Morgan fingerprint density at radius 1 is 1.29 bits per heavy atom. The molecule has 0 aliphatic carbocycles. The van der Waals surface area contributed by atoms with E-state index in [1.807, 2.05) is 6.92 Å². The van der Waals surface area contributed by atoms with Gasteiger partial charge in [0.25, 0.3) is 0 Å². The highest BCUT2D eigenvalue weighted by Crippen LogP contribution is 2.26. The first-order valence-electron chi connectivity index (χ1n) is 6.13. The average Bonchev–Trinajstić information content (AvgIpc) is 2.28. The lowest BCUT2D eigenvalue weighted by Gasteiger charge is -2.06. The Morgan fingerprint density at radius 2 is 2.06 bits per heavy atom. The number of aromatic hydroxyl groups is 1. The summed E-state index contributed by atoms with van der Waals surface area (Å²) >= 11 is 0. The molecule has 0 saturated carbocycles. The number of phenols is 1. The topological polar surface area (TPSA) is 46.5 Å². The molecule has 0 amide bonds. The van der Waals surface area contributed by atoms with Crippen molar-refractivity contribution in [2.24, 2.45) is 0 Å². The SMILES string of the molecule is CCCCCCC(=O)Oc1ccc(C)cc1O. The molecule has 1 aromatic carbocycles. The molecule has 3 nitrogen and oxygen atoms in total. The van der Waals surface area contributed by atoms with Crippen molar-refractivity contribution in [3.63, 3.8) is 0 Å². The Hall–Kier alpha value is -1.51. The lowest BCUT2D eigenvalue weighted by atomic mass is 10.1. The number of aryl methyl sites for hydroxylation is 1.